The van der Waals surface area contributed by atoms with Gasteiger partial charge in [0.25, 0.3) is 5.24 Å². The standard InChI is InChI=1S/C19H18N4O2S2/c1-10-17(22-23-19(24)27-10)11-4-6-13-14(8-11)21-18(20-13)12-5-7-16(26-3)15(9-12)25-2/h4-10H,1-3H3,(H,20,21)(H,23,24). The third kappa shape index (κ3) is 3.42. The maximum Gasteiger partial charge on any atom is 0.299 e. The summed E-state index contributed by atoms with van der Waals surface area (Å²) in [6.45, 7) is 1.97. The zero-order valence-electron chi connectivity index (χ0n) is 15.1. The van der Waals surface area contributed by atoms with Crippen molar-refractivity contribution in [2.24, 2.45) is 5.10 Å². The minimum absolute atomic E-state index is 0.00189. The molecule has 1 aliphatic heterocycles. The molecule has 0 radical (unpaired) electrons. The molecule has 0 aliphatic carbocycles. The molecule has 3 aromatic rings. The number of hydrogen-bond acceptors (Lipinski definition) is 6. The fourth-order valence-electron chi connectivity index (χ4n) is 3.02. The summed E-state index contributed by atoms with van der Waals surface area (Å²) < 4.78 is 5.48. The number of rotatable bonds is 4. The molecule has 6 nitrogen and oxygen atoms in total. The molecule has 2 heterocycles. The number of aromatic nitrogens is 2. The van der Waals surface area contributed by atoms with Crippen molar-refractivity contribution in [3.63, 3.8) is 0 Å². The number of ether oxygens (including phenoxy) is 1. The number of aromatic amines is 1. The molecule has 8 heteroatoms. The Kier molecular flexibility index (Phi) is 4.84. The van der Waals surface area contributed by atoms with Crippen molar-refractivity contribution in [3.8, 4) is 17.1 Å². The molecule has 0 saturated heterocycles. The fraction of sp³-hybridized carbons (Fsp3) is 0.211. The van der Waals surface area contributed by atoms with Crippen molar-refractivity contribution < 1.29 is 9.53 Å². The zero-order valence-corrected chi connectivity index (χ0v) is 16.7. The molecule has 27 heavy (non-hydrogen) atoms. The Balaban J connectivity index is 1.72. The molecule has 1 atom stereocenters. The summed E-state index contributed by atoms with van der Waals surface area (Å²) in [6, 6.07) is 12.0. The minimum atomic E-state index is -0.128. The summed E-state index contributed by atoms with van der Waals surface area (Å²) in [5.74, 6) is 1.62. The minimum Gasteiger partial charge on any atom is -0.496 e. The lowest BCUT2D eigenvalue weighted by Crippen LogP contribution is -2.29. The summed E-state index contributed by atoms with van der Waals surface area (Å²) in [4.78, 5) is 20.6. The number of nitrogens with zero attached hydrogens (tertiary/aromatic N) is 2. The number of H-pyrrole nitrogens is 1. The predicted octanol–water partition coefficient (Wildman–Crippen LogP) is 4.51. The summed E-state index contributed by atoms with van der Waals surface area (Å²) in [7, 11) is 1.67. The van der Waals surface area contributed by atoms with Gasteiger partial charge in [0, 0.05) is 16.0 Å². The maximum atomic E-state index is 11.4. The third-order valence-electron chi connectivity index (χ3n) is 4.37. The molecular formula is C19H18N4O2S2. The van der Waals surface area contributed by atoms with Crippen molar-refractivity contribution in [1.29, 1.82) is 0 Å². The smallest absolute Gasteiger partial charge is 0.299 e. The molecule has 1 aromatic heterocycles. The number of imidazole rings is 1. The molecule has 0 spiro atoms. The third-order valence-corrected chi connectivity index (χ3v) is 6.03. The first kappa shape index (κ1) is 17.9. The normalized spacial score (nSPS) is 16.9. The lowest BCUT2D eigenvalue weighted by molar-refractivity contribution is 0.261. The largest absolute Gasteiger partial charge is 0.496 e. The van der Waals surface area contributed by atoms with Gasteiger partial charge >= 0.3 is 0 Å². The van der Waals surface area contributed by atoms with E-state index < -0.39 is 0 Å². The number of methoxy groups -OCH3 is 1. The van der Waals surface area contributed by atoms with Gasteiger partial charge in [0.2, 0.25) is 0 Å². The zero-order chi connectivity index (χ0) is 19.0. The van der Waals surface area contributed by atoms with Gasteiger partial charge in [0.1, 0.15) is 11.6 Å². The van der Waals surface area contributed by atoms with E-state index in [0.717, 1.165) is 44.3 Å². The number of hydrazone groups is 1. The first-order valence-corrected chi connectivity index (χ1v) is 10.5. The summed E-state index contributed by atoms with van der Waals surface area (Å²) in [5, 5.41) is 4.09. The second-order valence-electron chi connectivity index (χ2n) is 6.04. The van der Waals surface area contributed by atoms with Crippen LogP contribution in [-0.4, -0.2) is 39.5 Å². The van der Waals surface area contributed by atoms with Crippen molar-refractivity contribution in [3.05, 3.63) is 42.0 Å². The summed E-state index contributed by atoms with van der Waals surface area (Å²) >= 11 is 2.88. The number of fused-ring (bicyclic) bond motifs is 1. The lowest BCUT2D eigenvalue weighted by atomic mass is 10.1. The highest BCUT2D eigenvalue weighted by Gasteiger charge is 2.22. The van der Waals surface area contributed by atoms with Crippen LogP contribution >= 0.6 is 23.5 Å². The van der Waals surface area contributed by atoms with Crippen molar-refractivity contribution in [1.82, 2.24) is 15.4 Å². The molecule has 0 fully saturated rings. The number of nitrogens with one attached hydrogen (secondary N) is 2. The predicted molar refractivity (Wildman–Crippen MR) is 112 cm³/mol. The Morgan fingerprint density at radius 1 is 1.19 bits per heavy atom. The van der Waals surface area contributed by atoms with Crippen LogP contribution in [0.5, 0.6) is 5.75 Å². The molecule has 1 amide bonds. The van der Waals surface area contributed by atoms with Gasteiger partial charge < -0.3 is 9.72 Å². The van der Waals surface area contributed by atoms with E-state index in [1.807, 2.05) is 49.6 Å². The Bertz CT molecular complexity index is 1060. The maximum absolute atomic E-state index is 11.4. The average molecular weight is 399 g/mol. The molecule has 2 aromatic carbocycles. The number of carbonyl (C=O) groups excluding carboxylic acids is 1. The van der Waals surface area contributed by atoms with E-state index in [9.17, 15) is 4.79 Å². The molecule has 1 aliphatic rings. The van der Waals surface area contributed by atoms with Crippen molar-refractivity contribution >= 4 is 45.5 Å². The number of thioether (sulfide) groups is 2. The topological polar surface area (TPSA) is 79.4 Å². The number of benzene rings is 2. The second kappa shape index (κ2) is 7.28. The van der Waals surface area contributed by atoms with Gasteiger partial charge in [0.05, 0.1) is 29.1 Å². The Morgan fingerprint density at radius 3 is 2.74 bits per heavy atom. The monoisotopic (exact) mass is 398 g/mol. The summed E-state index contributed by atoms with van der Waals surface area (Å²) in [5.41, 5.74) is 7.10. The van der Waals surface area contributed by atoms with Crippen molar-refractivity contribution in [2.75, 3.05) is 13.4 Å². The van der Waals surface area contributed by atoms with Crippen LogP contribution in [0.1, 0.15) is 12.5 Å². The highest BCUT2D eigenvalue weighted by molar-refractivity contribution is 8.14. The van der Waals surface area contributed by atoms with Gasteiger partial charge in [-0.25, -0.2) is 10.4 Å². The van der Waals surface area contributed by atoms with Crippen LogP contribution in [0.15, 0.2) is 46.4 Å². The second-order valence-corrected chi connectivity index (χ2v) is 8.21. The van der Waals surface area contributed by atoms with Crippen LogP contribution in [-0.2, 0) is 0 Å². The van der Waals surface area contributed by atoms with E-state index in [4.69, 9.17) is 9.72 Å². The van der Waals surface area contributed by atoms with E-state index in [2.05, 4.69) is 15.5 Å². The molecule has 1 unspecified atom stereocenters. The summed E-state index contributed by atoms with van der Waals surface area (Å²) in [6.07, 6.45) is 2.02. The van der Waals surface area contributed by atoms with E-state index in [1.54, 1.807) is 18.9 Å². The molecular weight excluding hydrogens is 380 g/mol. The SMILES string of the molecule is COc1cc(-c2nc3cc(C4=NNC(=O)SC4C)ccc3[nH]2)ccc1SC. The van der Waals surface area contributed by atoms with E-state index in [-0.39, 0.29) is 10.5 Å². The van der Waals surface area contributed by atoms with E-state index >= 15 is 0 Å². The van der Waals surface area contributed by atoms with Crippen LogP contribution in [0.3, 0.4) is 0 Å². The Hall–Kier alpha value is -2.45. The van der Waals surface area contributed by atoms with Gasteiger partial charge in [-0.1, -0.05) is 17.8 Å². The number of amides is 1. The molecule has 138 valence electrons. The molecule has 0 saturated carbocycles. The van der Waals surface area contributed by atoms with Gasteiger partial charge in [-0.2, -0.15) is 5.10 Å². The highest BCUT2D eigenvalue weighted by atomic mass is 32.2. The number of hydrogen-bond donors (Lipinski definition) is 2. The fourth-order valence-corrected chi connectivity index (χ4v) is 4.29. The van der Waals surface area contributed by atoms with E-state index in [0.29, 0.717) is 0 Å². The first-order chi connectivity index (χ1) is 13.1. The van der Waals surface area contributed by atoms with Gasteiger partial charge in [-0.05, 0) is 43.5 Å². The van der Waals surface area contributed by atoms with Crippen LogP contribution < -0.4 is 10.2 Å². The van der Waals surface area contributed by atoms with Gasteiger partial charge in [-0.3, -0.25) is 4.79 Å². The van der Waals surface area contributed by atoms with Crippen LogP contribution in [0.2, 0.25) is 0 Å². The highest BCUT2D eigenvalue weighted by Crippen LogP contribution is 2.32. The van der Waals surface area contributed by atoms with Gasteiger partial charge in [0.15, 0.2) is 0 Å². The first-order valence-electron chi connectivity index (χ1n) is 8.36. The van der Waals surface area contributed by atoms with Crippen molar-refractivity contribution in [2.45, 2.75) is 17.1 Å². The molecule has 4 rings (SSSR count). The lowest BCUT2D eigenvalue weighted by Gasteiger charge is -2.18. The quantitative estimate of drug-likeness (QED) is 0.632. The van der Waals surface area contributed by atoms with E-state index in [1.165, 1.54) is 11.8 Å². The van der Waals surface area contributed by atoms with Crippen LogP contribution in [0, 0.1) is 0 Å². The average Bonchev–Trinajstić information content (AvgIpc) is 3.10. The Morgan fingerprint density at radius 2 is 2.00 bits per heavy atom. The van der Waals surface area contributed by atoms with Gasteiger partial charge in [-0.15, -0.1) is 11.8 Å². The van der Waals surface area contributed by atoms with Crippen LogP contribution in [0.25, 0.3) is 22.4 Å². The Labute approximate surface area is 165 Å². The van der Waals surface area contributed by atoms with Crippen LogP contribution in [0.4, 0.5) is 4.79 Å². The number of carbonyl (C=O) groups is 1. The molecule has 0 bridgehead atoms. The molecule has 2 N–H and O–H groups in total.